The zero-order chi connectivity index (χ0) is 25.2. The lowest BCUT2D eigenvalue weighted by atomic mass is 9.98. The summed E-state index contributed by atoms with van der Waals surface area (Å²) in [6, 6.07) is 19.0. The third-order valence-electron chi connectivity index (χ3n) is 5.87. The van der Waals surface area contributed by atoms with Gasteiger partial charge in [-0.25, -0.2) is 14.0 Å². The van der Waals surface area contributed by atoms with Gasteiger partial charge in [0.1, 0.15) is 12.4 Å². The lowest BCUT2D eigenvalue weighted by Crippen LogP contribution is -2.46. The van der Waals surface area contributed by atoms with Gasteiger partial charge in [0.2, 0.25) is 5.91 Å². The molecular weight excluding hydrogens is 451 g/mol. The number of carboxylic acids is 1. The summed E-state index contributed by atoms with van der Waals surface area (Å²) in [5, 5.41) is 14.3. The van der Waals surface area contributed by atoms with Crippen molar-refractivity contribution in [2.24, 2.45) is 0 Å². The molecule has 0 bridgehead atoms. The zero-order valence-electron chi connectivity index (χ0n) is 19.3. The van der Waals surface area contributed by atoms with Crippen LogP contribution >= 0.6 is 0 Å². The molecule has 0 unspecified atom stereocenters. The van der Waals surface area contributed by atoms with Crippen molar-refractivity contribution in [3.63, 3.8) is 0 Å². The second-order valence-electron chi connectivity index (χ2n) is 9.05. The molecule has 7 nitrogen and oxygen atoms in total. The average Bonchev–Trinajstić information content (AvgIpc) is 3.10. The highest BCUT2D eigenvalue weighted by molar-refractivity contribution is 6.00. The summed E-state index contributed by atoms with van der Waals surface area (Å²) >= 11 is 0. The van der Waals surface area contributed by atoms with Gasteiger partial charge in [0.15, 0.2) is 0 Å². The van der Waals surface area contributed by atoms with E-state index in [-0.39, 0.29) is 30.2 Å². The fraction of sp³-hybridized carbons (Fsp3) is 0.222. The summed E-state index contributed by atoms with van der Waals surface area (Å²) in [5.74, 6) is -2.65. The van der Waals surface area contributed by atoms with Crippen molar-refractivity contribution in [1.29, 1.82) is 0 Å². The first-order valence-corrected chi connectivity index (χ1v) is 11.1. The number of ether oxygens (including phenoxy) is 1. The molecule has 2 amide bonds. The Kier molecular flexibility index (Phi) is 6.55. The summed E-state index contributed by atoms with van der Waals surface area (Å²) in [7, 11) is 0. The summed E-state index contributed by atoms with van der Waals surface area (Å²) in [4.78, 5) is 36.4. The van der Waals surface area contributed by atoms with Crippen molar-refractivity contribution in [2.45, 2.75) is 31.7 Å². The number of nitrogens with one attached hydrogen (secondary N) is 2. The molecule has 1 aliphatic carbocycles. The number of amides is 2. The van der Waals surface area contributed by atoms with Crippen molar-refractivity contribution in [3.05, 3.63) is 89.2 Å². The number of anilines is 1. The summed E-state index contributed by atoms with van der Waals surface area (Å²) in [5.41, 5.74) is 3.01. The Morgan fingerprint density at radius 3 is 2.17 bits per heavy atom. The number of halogens is 1. The Labute approximate surface area is 201 Å². The number of alkyl carbamates (subject to hydrolysis) is 1. The molecule has 180 valence electrons. The fourth-order valence-corrected chi connectivity index (χ4v) is 4.36. The highest BCUT2D eigenvalue weighted by Gasteiger charge is 2.30. The van der Waals surface area contributed by atoms with Crippen molar-refractivity contribution in [3.8, 4) is 11.1 Å². The van der Waals surface area contributed by atoms with Crippen LogP contribution in [0.1, 0.15) is 47.7 Å². The van der Waals surface area contributed by atoms with E-state index < -0.39 is 29.3 Å². The molecule has 0 aliphatic heterocycles. The molecule has 8 heteroatoms. The number of hydrogen-bond donors (Lipinski definition) is 3. The first kappa shape index (κ1) is 23.9. The number of benzene rings is 3. The highest BCUT2D eigenvalue weighted by atomic mass is 19.1. The first-order chi connectivity index (χ1) is 16.6. The van der Waals surface area contributed by atoms with Gasteiger partial charge in [-0.15, -0.1) is 0 Å². The minimum Gasteiger partial charge on any atom is -0.478 e. The summed E-state index contributed by atoms with van der Waals surface area (Å²) in [6.45, 7) is 3.41. The minimum absolute atomic E-state index is 0.0954. The second kappa shape index (κ2) is 9.58. The van der Waals surface area contributed by atoms with Gasteiger partial charge in [-0.1, -0.05) is 48.5 Å². The van der Waals surface area contributed by atoms with Gasteiger partial charge >= 0.3 is 12.1 Å². The molecule has 0 heterocycles. The SMILES string of the molecule is CC(C)(CC(=O)Nc1cc(F)ccc1C(=O)O)NC(=O)OCC1c2ccccc2-c2ccccc21. The van der Waals surface area contributed by atoms with E-state index in [1.165, 1.54) is 0 Å². The Bertz CT molecular complexity index is 1260. The molecular formula is C27H25FN2O5. The number of hydrogen-bond acceptors (Lipinski definition) is 4. The van der Waals surface area contributed by atoms with Crippen LogP contribution in [0.5, 0.6) is 0 Å². The van der Waals surface area contributed by atoms with Crippen LogP contribution < -0.4 is 10.6 Å². The van der Waals surface area contributed by atoms with Crippen LogP contribution in [0.4, 0.5) is 14.9 Å². The number of carbonyl (C=O) groups excluding carboxylic acids is 2. The van der Waals surface area contributed by atoms with E-state index in [2.05, 4.69) is 10.6 Å². The summed E-state index contributed by atoms with van der Waals surface area (Å²) in [6.07, 6.45) is -0.867. The van der Waals surface area contributed by atoms with E-state index in [1.54, 1.807) is 13.8 Å². The van der Waals surface area contributed by atoms with Gasteiger partial charge < -0.3 is 20.5 Å². The third kappa shape index (κ3) is 5.32. The van der Waals surface area contributed by atoms with Crippen LogP contribution in [0, 0.1) is 5.82 Å². The van der Waals surface area contributed by atoms with Crippen molar-refractivity contribution in [1.82, 2.24) is 5.32 Å². The number of rotatable bonds is 7. The molecule has 3 N–H and O–H groups in total. The largest absolute Gasteiger partial charge is 0.478 e. The van der Waals surface area contributed by atoms with Gasteiger partial charge in [0.05, 0.1) is 11.3 Å². The van der Waals surface area contributed by atoms with E-state index in [9.17, 15) is 23.9 Å². The topological polar surface area (TPSA) is 105 Å². The van der Waals surface area contributed by atoms with Crippen LogP contribution in [0.25, 0.3) is 11.1 Å². The monoisotopic (exact) mass is 476 g/mol. The minimum atomic E-state index is -1.30. The van der Waals surface area contributed by atoms with E-state index in [0.29, 0.717) is 0 Å². The van der Waals surface area contributed by atoms with Crippen LogP contribution in [0.3, 0.4) is 0 Å². The number of fused-ring (bicyclic) bond motifs is 3. The number of carboxylic acid groups (broad SMARTS) is 1. The van der Waals surface area contributed by atoms with Crippen LogP contribution in [-0.2, 0) is 9.53 Å². The number of aromatic carboxylic acids is 1. The lowest BCUT2D eigenvalue weighted by molar-refractivity contribution is -0.117. The van der Waals surface area contributed by atoms with Gasteiger partial charge in [-0.2, -0.15) is 0 Å². The molecule has 0 saturated heterocycles. The van der Waals surface area contributed by atoms with Crippen molar-refractivity contribution >= 4 is 23.7 Å². The maximum Gasteiger partial charge on any atom is 0.407 e. The van der Waals surface area contributed by atoms with Gasteiger partial charge in [-0.05, 0) is 54.3 Å². The molecule has 3 aromatic carbocycles. The Morgan fingerprint density at radius 2 is 1.57 bits per heavy atom. The Balaban J connectivity index is 1.37. The van der Waals surface area contributed by atoms with Crippen molar-refractivity contribution in [2.75, 3.05) is 11.9 Å². The van der Waals surface area contributed by atoms with E-state index in [1.807, 2.05) is 48.5 Å². The number of carbonyl (C=O) groups is 3. The van der Waals surface area contributed by atoms with E-state index >= 15 is 0 Å². The highest BCUT2D eigenvalue weighted by Crippen LogP contribution is 2.44. The molecule has 0 atom stereocenters. The quantitative estimate of drug-likeness (QED) is 0.436. The maximum absolute atomic E-state index is 13.6. The predicted octanol–water partition coefficient (Wildman–Crippen LogP) is 5.17. The molecule has 0 saturated carbocycles. The molecule has 35 heavy (non-hydrogen) atoms. The van der Waals surface area contributed by atoms with E-state index in [0.717, 1.165) is 40.5 Å². The zero-order valence-corrected chi connectivity index (χ0v) is 19.3. The first-order valence-electron chi connectivity index (χ1n) is 11.1. The standard InChI is InChI=1S/C27H25FN2O5/c1-27(2,14-24(31)29-23-13-16(28)11-12-21(23)25(32)33)30-26(34)35-15-22-19-9-5-3-7-17(19)18-8-4-6-10-20(18)22/h3-13,22H,14-15H2,1-2H3,(H,29,31)(H,30,34)(H,32,33). The van der Waals surface area contributed by atoms with Gasteiger partial charge in [0.25, 0.3) is 0 Å². The molecule has 4 rings (SSSR count). The van der Waals surface area contributed by atoms with Crippen molar-refractivity contribution < 1.29 is 28.6 Å². The van der Waals surface area contributed by atoms with Crippen LogP contribution in [0.2, 0.25) is 0 Å². The van der Waals surface area contributed by atoms with Gasteiger partial charge in [0, 0.05) is 17.9 Å². The summed E-state index contributed by atoms with van der Waals surface area (Å²) < 4.78 is 19.1. The molecule has 0 aromatic heterocycles. The fourth-order valence-electron chi connectivity index (χ4n) is 4.36. The Morgan fingerprint density at radius 1 is 0.971 bits per heavy atom. The van der Waals surface area contributed by atoms with Crippen LogP contribution in [-0.4, -0.2) is 35.2 Å². The molecule has 0 spiro atoms. The lowest BCUT2D eigenvalue weighted by Gasteiger charge is -2.26. The van der Waals surface area contributed by atoms with Crippen LogP contribution in [0.15, 0.2) is 66.7 Å². The van der Waals surface area contributed by atoms with E-state index in [4.69, 9.17) is 4.74 Å². The molecule has 0 radical (unpaired) electrons. The molecule has 0 fully saturated rings. The smallest absolute Gasteiger partial charge is 0.407 e. The maximum atomic E-state index is 13.6. The third-order valence-corrected chi connectivity index (χ3v) is 5.87. The molecule has 3 aromatic rings. The predicted molar refractivity (Wildman–Crippen MR) is 129 cm³/mol. The average molecular weight is 477 g/mol. The Hall–Kier alpha value is -4.20. The molecule has 1 aliphatic rings. The van der Waals surface area contributed by atoms with Gasteiger partial charge in [-0.3, -0.25) is 4.79 Å². The normalized spacial score (nSPS) is 12.4. The second-order valence-corrected chi connectivity index (χ2v) is 9.05.